The number of aliphatic hydroxyl groups is 1. The van der Waals surface area contributed by atoms with E-state index in [1.165, 1.54) is 6.20 Å². The number of halogens is 2. The number of anilines is 3. The molecule has 0 saturated carbocycles. The molecule has 0 atom stereocenters. The Hall–Kier alpha value is -3.27. The number of pyridine rings is 1. The number of benzene rings is 2. The quantitative estimate of drug-likeness (QED) is 0.438. The van der Waals surface area contributed by atoms with Crippen molar-refractivity contribution in [2.75, 3.05) is 49.6 Å². The van der Waals surface area contributed by atoms with Crippen LogP contribution in [0.25, 0.3) is 10.9 Å². The average molecular weight is 518 g/mol. The number of aliphatic hydroxyl groups excluding tert-OH is 1. The van der Waals surface area contributed by atoms with Gasteiger partial charge in [0.05, 0.1) is 44.8 Å². The molecule has 11 heteroatoms. The second kappa shape index (κ2) is 10.6. The molecule has 0 spiro atoms. The van der Waals surface area contributed by atoms with Crippen LogP contribution in [0.3, 0.4) is 0 Å². The number of hydrogen-bond donors (Lipinski definition) is 3. The van der Waals surface area contributed by atoms with Crippen molar-refractivity contribution in [2.45, 2.75) is 6.92 Å². The summed E-state index contributed by atoms with van der Waals surface area (Å²) < 4.78 is 5.91. The fourth-order valence-corrected chi connectivity index (χ4v) is 4.43. The van der Waals surface area contributed by atoms with E-state index in [9.17, 15) is 9.59 Å². The second-order valence-corrected chi connectivity index (χ2v) is 8.72. The molecule has 4 N–H and O–H groups in total. The van der Waals surface area contributed by atoms with Gasteiger partial charge < -0.3 is 30.7 Å². The lowest BCUT2D eigenvalue weighted by Gasteiger charge is -2.36. The Kier molecular flexibility index (Phi) is 7.49. The number of rotatable bonds is 7. The molecular formula is C24H25Cl2N5O4. The lowest BCUT2D eigenvalue weighted by atomic mass is 10.1. The van der Waals surface area contributed by atoms with Gasteiger partial charge in [0, 0.05) is 43.8 Å². The summed E-state index contributed by atoms with van der Waals surface area (Å²) in [6.07, 6.45) is 1.42. The van der Waals surface area contributed by atoms with E-state index in [0.29, 0.717) is 70.9 Å². The molecule has 184 valence electrons. The molecule has 35 heavy (non-hydrogen) atoms. The predicted molar refractivity (Wildman–Crippen MR) is 137 cm³/mol. The van der Waals surface area contributed by atoms with Crippen molar-refractivity contribution in [2.24, 2.45) is 5.73 Å². The number of piperazine rings is 1. The number of carbonyl (C=O) groups is 2. The standard InChI is InChI=1S/C24H25Cl2N5O4/c1-2-35-20-11-18-14(10-19(20)30-6-8-31(9-7-30)21(33)13-32)23(15(12-28-18)24(27)34)29-17-5-3-4-16(25)22(17)26/h3-5,10-12,32H,2,6-9,13H2,1H3,(H2,27,34)(H,28,29). The molecule has 1 saturated heterocycles. The number of fused-ring (bicyclic) bond motifs is 1. The van der Waals surface area contributed by atoms with Gasteiger partial charge in [-0.25, -0.2) is 0 Å². The van der Waals surface area contributed by atoms with E-state index in [-0.39, 0.29) is 11.5 Å². The highest BCUT2D eigenvalue weighted by molar-refractivity contribution is 6.43. The Morgan fingerprint density at radius 1 is 1.20 bits per heavy atom. The maximum atomic E-state index is 12.3. The highest BCUT2D eigenvalue weighted by Crippen LogP contribution is 2.40. The summed E-state index contributed by atoms with van der Waals surface area (Å²) >= 11 is 12.6. The SMILES string of the molecule is CCOc1cc2ncc(C(N)=O)c(Nc3cccc(Cl)c3Cl)c2cc1N1CCN(C(=O)CO)CC1. The summed E-state index contributed by atoms with van der Waals surface area (Å²) in [7, 11) is 0. The molecule has 0 bridgehead atoms. The van der Waals surface area contributed by atoms with E-state index < -0.39 is 12.5 Å². The average Bonchev–Trinajstić information content (AvgIpc) is 2.86. The van der Waals surface area contributed by atoms with Gasteiger partial charge in [0.15, 0.2) is 0 Å². The Morgan fingerprint density at radius 2 is 1.94 bits per heavy atom. The first-order chi connectivity index (χ1) is 16.8. The summed E-state index contributed by atoms with van der Waals surface area (Å²) in [6.45, 7) is 3.85. The Bertz CT molecular complexity index is 1280. The zero-order valence-electron chi connectivity index (χ0n) is 19.1. The van der Waals surface area contributed by atoms with Crippen molar-refractivity contribution < 1.29 is 19.4 Å². The third kappa shape index (κ3) is 5.07. The third-order valence-corrected chi connectivity index (χ3v) is 6.65. The molecule has 2 aromatic carbocycles. The van der Waals surface area contributed by atoms with Crippen molar-refractivity contribution in [3.05, 3.63) is 52.1 Å². The Balaban J connectivity index is 1.82. The monoisotopic (exact) mass is 517 g/mol. The van der Waals surface area contributed by atoms with Crippen LogP contribution < -0.4 is 20.7 Å². The number of hydrogen-bond acceptors (Lipinski definition) is 7. The number of nitrogens with one attached hydrogen (secondary N) is 1. The van der Waals surface area contributed by atoms with Crippen molar-refractivity contribution >= 4 is 63.0 Å². The van der Waals surface area contributed by atoms with Gasteiger partial charge in [-0.05, 0) is 25.1 Å². The first-order valence-corrected chi connectivity index (χ1v) is 11.8. The number of ether oxygens (including phenoxy) is 1. The van der Waals surface area contributed by atoms with Crippen molar-refractivity contribution in [3.63, 3.8) is 0 Å². The smallest absolute Gasteiger partial charge is 0.252 e. The van der Waals surface area contributed by atoms with E-state index in [1.807, 2.05) is 19.1 Å². The first kappa shape index (κ1) is 24.8. The lowest BCUT2D eigenvalue weighted by Crippen LogP contribution is -2.49. The highest BCUT2D eigenvalue weighted by atomic mass is 35.5. The van der Waals surface area contributed by atoms with E-state index in [0.717, 1.165) is 5.69 Å². The van der Waals surface area contributed by atoms with Crippen LogP contribution in [0.4, 0.5) is 17.1 Å². The van der Waals surface area contributed by atoms with Gasteiger partial charge in [-0.15, -0.1) is 0 Å². The number of nitrogens with two attached hydrogens (primary N) is 1. The highest BCUT2D eigenvalue weighted by Gasteiger charge is 2.24. The molecule has 3 aromatic rings. The molecule has 9 nitrogen and oxygen atoms in total. The summed E-state index contributed by atoms with van der Waals surface area (Å²) in [5.41, 5.74) is 8.22. The van der Waals surface area contributed by atoms with Crippen LogP contribution in [0, 0.1) is 0 Å². The van der Waals surface area contributed by atoms with Gasteiger partial charge in [0.25, 0.3) is 5.91 Å². The van der Waals surface area contributed by atoms with Crippen LogP contribution in [-0.4, -0.2) is 66.2 Å². The molecule has 2 amide bonds. The van der Waals surface area contributed by atoms with Crippen LogP contribution in [0.5, 0.6) is 5.75 Å². The van der Waals surface area contributed by atoms with Gasteiger partial charge in [-0.2, -0.15) is 0 Å². The third-order valence-electron chi connectivity index (χ3n) is 5.83. The van der Waals surface area contributed by atoms with Crippen LogP contribution in [0.1, 0.15) is 17.3 Å². The number of amides is 2. The summed E-state index contributed by atoms with van der Waals surface area (Å²) in [5, 5.41) is 13.7. The molecule has 1 aromatic heterocycles. The largest absolute Gasteiger partial charge is 0.492 e. The summed E-state index contributed by atoms with van der Waals surface area (Å²) in [4.78, 5) is 32.3. The van der Waals surface area contributed by atoms with Crippen molar-refractivity contribution in [3.8, 4) is 5.75 Å². The van der Waals surface area contributed by atoms with Crippen molar-refractivity contribution in [1.82, 2.24) is 9.88 Å². The van der Waals surface area contributed by atoms with Crippen molar-refractivity contribution in [1.29, 1.82) is 0 Å². The second-order valence-electron chi connectivity index (χ2n) is 7.93. The zero-order valence-corrected chi connectivity index (χ0v) is 20.6. The van der Waals surface area contributed by atoms with Gasteiger partial charge in [-0.1, -0.05) is 29.3 Å². The molecule has 1 aliphatic heterocycles. The zero-order chi connectivity index (χ0) is 25.1. The Morgan fingerprint density at radius 3 is 2.60 bits per heavy atom. The summed E-state index contributed by atoms with van der Waals surface area (Å²) in [5.74, 6) is -0.312. The van der Waals surface area contributed by atoms with Gasteiger partial charge in [0.1, 0.15) is 12.4 Å². The van der Waals surface area contributed by atoms with Crippen LogP contribution in [0.2, 0.25) is 10.0 Å². The van der Waals surface area contributed by atoms with E-state index in [2.05, 4.69) is 15.2 Å². The van der Waals surface area contributed by atoms with E-state index >= 15 is 0 Å². The summed E-state index contributed by atoms with van der Waals surface area (Å²) in [6, 6.07) is 8.87. The predicted octanol–water partition coefficient (Wildman–Crippen LogP) is 3.42. The molecule has 0 unspecified atom stereocenters. The molecular weight excluding hydrogens is 493 g/mol. The molecule has 0 aliphatic carbocycles. The molecule has 1 fully saturated rings. The molecule has 2 heterocycles. The fourth-order valence-electron chi connectivity index (χ4n) is 4.08. The minimum Gasteiger partial charge on any atom is -0.492 e. The first-order valence-electron chi connectivity index (χ1n) is 11.1. The topological polar surface area (TPSA) is 121 Å². The number of carbonyl (C=O) groups excluding carboxylic acids is 2. The molecule has 1 aliphatic rings. The van der Waals surface area contributed by atoms with Crippen LogP contribution in [0.15, 0.2) is 36.5 Å². The number of nitrogens with zero attached hydrogens (tertiary/aromatic N) is 3. The maximum Gasteiger partial charge on any atom is 0.252 e. The minimum absolute atomic E-state index is 0.196. The molecule has 4 rings (SSSR count). The van der Waals surface area contributed by atoms with E-state index in [4.69, 9.17) is 38.8 Å². The number of aromatic nitrogens is 1. The lowest BCUT2D eigenvalue weighted by molar-refractivity contribution is -0.134. The van der Waals surface area contributed by atoms with Gasteiger partial charge in [0.2, 0.25) is 5.91 Å². The van der Waals surface area contributed by atoms with Gasteiger partial charge in [-0.3, -0.25) is 14.6 Å². The molecule has 0 radical (unpaired) electrons. The normalized spacial score (nSPS) is 13.7. The van der Waals surface area contributed by atoms with Gasteiger partial charge >= 0.3 is 0 Å². The Labute approximate surface area is 212 Å². The minimum atomic E-state index is -0.647. The maximum absolute atomic E-state index is 12.3. The van der Waals surface area contributed by atoms with Crippen LogP contribution in [-0.2, 0) is 4.79 Å². The number of primary amides is 1. The van der Waals surface area contributed by atoms with Crippen LogP contribution >= 0.6 is 23.2 Å². The van der Waals surface area contributed by atoms with E-state index in [1.54, 1.807) is 23.1 Å². The fraction of sp³-hybridized carbons (Fsp3) is 0.292.